The molecule has 510 valence electrons. The van der Waals surface area contributed by atoms with E-state index in [-0.39, 0.29) is 117 Å². The van der Waals surface area contributed by atoms with Gasteiger partial charge in [-0.3, -0.25) is 38.5 Å². The zero-order valence-electron chi connectivity index (χ0n) is 53.3. The molecule has 1 aliphatic carbocycles. The highest BCUT2D eigenvalue weighted by molar-refractivity contribution is 7.99. The van der Waals surface area contributed by atoms with Gasteiger partial charge >= 0.3 is 12.0 Å². The van der Waals surface area contributed by atoms with Gasteiger partial charge in [-0.25, -0.2) is 14.6 Å². The maximum Gasteiger partial charge on any atom is 0.343 e. The molecule has 0 unspecified atom stereocenters. The minimum Gasteiger partial charge on any atom is -0.458 e. The monoisotopic (exact) mass is 1320 g/mol. The SMILES string of the molecule is CC[C@@]1(O)C(=O)OCc2c1cc1n(c2=O)Cc2c-1nc1ccc(NC(=O)[C@H](CCCNC(N)=O)NC(=O)[C@@H](NC(=O)CCOCCOCCOCCOCCOCCOCCOCCOCCNC(=O)C3CCC(CN4C(=O)C=CC4=O)CC3)C(C)C)c3c1c2CCS3. The van der Waals surface area contributed by atoms with Crippen molar-refractivity contribution in [3.05, 3.63) is 63.0 Å². The van der Waals surface area contributed by atoms with Crippen LogP contribution in [0, 0.1) is 17.8 Å². The number of carbonyl (C=O) groups excluding carboxylic acids is 8. The number of amides is 8. The van der Waals surface area contributed by atoms with E-state index in [0.717, 1.165) is 47.1 Å². The number of hydrogen-bond donors (Lipinski definition) is 7. The van der Waals surface area contributed by atoms with Crippen LogP contribution in [0.15, 0.2) is 40.0 Å². The summed E-state index contributed by atoms with van der Waals surface area (Å²) in [6.45, 7) is 11.8. The van der Waals surface area contributed by atoms with Crippen LogP contribution in [0.1, 0.15) is 94.4 Å². The predicted octanol–water partition coefficient (Wildman–Crippen LogP) is 2.11. The van der Waals surface area contributed by atoms with Crippen LogP contribution in [0.2, 0.25) is 0 Å². The Morgan fingerprint density at radius 3 is 1.91 bits per heavy atom. The van der Waals surface area contributed by atoms with Crippen molar-refractivity contribution in [2.24, 2.45) is 23.5 Å². The number of urea groups is 1. The molecule has 8 amide bonds. The van der Waals surface area contributed by atoms with E-state index in [9.17, 15) is 48.3 Å². The van der Waals surface area contributed by atoms with E-state index in [0.29, 0.717) is 134 Å². The van der Waals surface area contributed by atoms with Crippen LogP contribution in [-0.4, -0.2) is 210 Å². The van der Waals surface area contributed by atoms with Crippen LogP contribution in [0.4, 0.5) is 10.5 Å². The molecule has 0 spiro atoms. The number of nitrogens with two attached hydrogens (primary N) is 1. The average molecular weight is 1320 g/mol. The molecule has 3 atom stereocenters. The second kappa shape index (κ2) is 36.1. The summed E-state index contributed by atoms with van der Waals surface area (Å²) in [5.74, 6) is -2.39. The van der Waals surface area contributed by atoms with E-state index < -0.39 is 47.4 Å². The molecular weight excluding hydrogens is 1230 g/mol. The molecule has 28 nitrogen and oxygen atoms in total. The molecule has 4 aliphatic heterocycles. The summed E-state index contributed by atoms with van der Waals surface area (Å²) < 4.78 is 51.3. The van der Waals surface area contributed by atoms with Gasteiger partial charge < -0.3 is 84.6 Å². The molecular formula is C64H89N9O19S. The number of nitrogens with zero attached hydrogens (tertiary/aromatic N) is 3. The Bertz CT molecular complexity index is 3190. The number of thioether (sulfide) groups is 1. The second-order valence-corrected chi connectivity index (χ2v) is 24.6. The number of aromatic nitrogens is 2. The van der Waals surface area contributed by atoms with E-state index in [4.69, 9.17) is 53.3 Å². The standard InChI is InChI=1S/C64H89N9O19S/c1-4-64(83)46-36-50-56-44(38-72(50)61(80)45(46)39-92-62(64)81)43-16-35-93-57-48(12-11-47(68-56)54(43)57)69-59(78)49(6-5-17-67-63(65)82)70-60(79)55(40(2)3)71-51(74)15-19-84-21-23-86-25-27-88-29-31-90-33-34-91-32-30-89-28-26-87-24-22-85-20-18-66-58(77)42-9-7-41(8-10-42)37-73-52(75)13-14-53(73)76/h11-14,36,40-42,49,55,83H,4-10,15-35,37-39H2,1-3H3,(H,66,77)(H,69,78)(H,70,79)(H,71,74)(H3,65,67,82)/t41?,42?,49-,55-,64-/m0/s1. The number of aliphatic hydroxyl groups is 1. The number of carbonyl (C=O) groups is 8. The molecule has 1 saturated carbocycles. The number of imide groups is 1. The first-order valence-electron chi connectivity index (χ1n) is 32.1. The fraction of sp³-hybridized carbons (Fsp3) is 0.625. The Morgan fingerprint density at radius 2 is 1.33 bits per heavy atom. The van der Waals surface area contributed by atoms with Gasteiger partial charge in [0.1, 0.15) is 18.7 Å². The molecule has 3 aromatic rings. The van der Waals surface area contributed by atoms with Crippen LogP contribution >= 0.6 is 11.8 Å². The second-order valence-electron chi connectivity index (χ2n) is 23.5. The number of fused-ring (bicyclic) bond motifs is 5. The number of anilines is 1. The van der Waals surface area contributed by atoms with Gasteiger partial charge in [-0.15, -0.1) is 11.8 Å². The summed E-state index contributed by atoms with van der Waals surface area (Å²) in [5.41, 5.74) is 7.44. The summed E-state index contributed by atoms with van der Waals surface area (Å²) in [4.78, 5) is 123. The van der Waals surface area contributed by atoms with Gasteiger partial charge in [0, 0.05) is 71.3 Å². The zero-order chi connectivity index (χ0) is 66.3. The van der Waals surface area contributed by atoms with Crippen molar-refractivity contribution in [2.75, 3.05) is 136 Å². The molecule has 0 radical (unpaired) electrons. The quantitative estimate of drug-likeness (QED) is 0.0190. The highest BCUT2D eigenvalue weighted by atomic mass is 32.2. The molecule has 93 heavy (non-hydrogen) atoms. The van der Waals surface area contributed by atoms with Crippen molar-refractivity contribution in [1.82, 2.24) is 35.7 Å². The molecule has 1 fully saturated rings. The third-order valence-electron chi connectivity index (χ3n) is 16.8. The Kier molecular flexibility index (Phi) is 27.9. The number of aryl methyl sites for hydroxylation is 1. The van der Waals surface area contributed by atoms with Crippen molar-refractivity contribution < 1.29 is 86.1 Å². The van der Waals surface area contributed by atoms with Crippen LogP contribution in [0.3, 0.4) is 0 Å². The smallest absolute Gasteiger partial charge is 0.343 e. The largest absolute Gasteiger partial charge is 0.458 e. The third-order valence-corrected chi connectivity index (χ3v) is 17.9. The number of benzene rings is 1. The molecule has 29 heteroatoms. The number of primary amides is 1. The maximum atomic E-state index is 14.3. The molecule has 2 aromatic heterocycles. The third kappa shape index (κ3) is 19.8. The van der Waals surface area contributed by atoms with Crippen molar-refractivity contribution >= 4 is 75.8 Å². The van der Waals surface area contributed by atoms with E-state index in [2.05, 4.69) is 26.6 Å². The number of esters is 1. The first-order valence-corrected chi connectivity index (χ1v) is 33.1. The van der Waals surface area contributed by atoms with Gasteiger partial charge in [-0.1, -0.05) is 20.8 Å². The van der Waals surface area contributed by atoms with E-state index in [1.54, 1.807) is 55.3 Å². The topological polar surface area (TPSA) is 364 Å². The van der Waals surface area contributed by atoms with Crippen molar-refractivity contribution in [1.29, 1.82) is 0 Å². The highest BCUT2D eigenvalue weighted by Crippen LogP contribution is 2.46. The summed E-state index contributed by atoms with van der Waals surface area (Å²) in [6, 6.07) is 2.38. The molecule has 1 aromatic carbocycles. The molecule has 5 aliphatic rings. The number of cyclic esters (lactones) is 1. The average Bonchev–Trinajstić information content (AvgIpc) is 1.62. The lowest BCUT2D eigenvalue weighted by Gasteiger charge is -2.31. The van der Waals surface area contributed by atoms with Gasteiger partial charge in [0.25, 0.3) is 17.4 Å². The van der Waals surface area contributed by atoms with Gasteiger partial charge in [0.05, 0.1) is 140 Å². The fourth-order valence-electron chi connectivity index (χ4n) is 11.7. The van der Waals surface area contributed by atoms with Crippen LogP contribution in [0.25, 0.3) is 22.3 Å². The van der Waals surface area contributed by atoms with E-state index in [1.165, 1.54) is 17.1 Å². The number of nitrogens with one attached hydrogen (secondary N) is 5. The zero-order valence-corrected chi connectivity index (χ0v) is 54.1. The number of hydrogen-bond acceptors (Lipinski definition) is 21. The van der Waals surface area contributed by atoms with Crippen molar-refractivity contribution in [3.8, 4) is 11.4 Å². The number of pyridine rings is 2. The molecule has 0 saturated heterocycles. The Hall–Kier alpha value is -6.93. The maximum absolute atomic E-state index is 14.3. The van der Waals surface area contributed by atoms with E-state index in [1.807, 2.05) is 0 Å². The first kappa shape index (κ1) is 71.9. The normalized spacial score (nSPS) is 18.6. The van der Waals surface area contributed by atoms with Gasteiger partial charge in [0.2, 0.25) is 23.6 Å². The fourth-order valence-corrected chi connectivity index (χ4v) is 12.9. The van der Waals surface area contributed by atoms with Crippen LogP contribution in [0.5, 0.6) is 0 Å². The number of rotatable bonds is 41. The first-order chi connectivity index (χ1) is 45.0. The highest BCUT2D eigenvalue weighted by Gasteiger charge is 2.46. The predicted molar refractivity (Wildman–Crippen MR) is 339 cm³/mol. The lowest BCUT2D eigenvalue weighted by Crippen LogP contribution is -2.54. The molecule has 8 rings (SSSR count). The molecule has 0 bridgehead atoms. The number of ether oxygens (including phenoxy) is 9. The minimum absolute atomic E-state index is 0.00993. The lowest BCUT2D eigenvalue weighted by atomic mass is 9.81. The molecule has 8 N–H and O–H groups in total. The van der Waals surface area contributed by atoms with Crippen LogP contribution < -0.4 is 37.9 Å². The summed E-state index contributed by atoms with van der Waals surface area (Å²) >= 11 is 1.54. The Labute approximate surface area is 544 Å². The summed E-state index contributed by atoms with van der Waals surface area (Å²) in [5, 5.41) is 26.3. The Balaban J connectivity index is 0.636. The van der Waals surface area contributed by atoms with Gasteiger partial charge in [0.15, 0.2) is 5.60 Å². The molecule has 6 heterocycles. The van der Waals surface area contributed by atoms with Crippen molar-refractivity contribution in [3.63, 3.8) is 0 Å². The summed E-state index contributed by atoms with van der Waals surface area (Å²) in [6.07, 6.45) is 6.71. The minimum atomic E-state index is -1.96. The van der Waals surface area contributed by atoms with Gasteiger partial charge in [-0.05, 0) is 87.0 Å². The summed E-state index contributed by atoms with van der Waals surface area (Å²) in [7, 11) is 0. The van der Waals surface area contributed by atoms with Crippen molar-refractivity contribution in [2.45, 2.75) is 114 Å². The Morgan fingerprint density at radius 1 is 0.742 bits per heavy atom. The van der Waals surface area contributed by atoms with Gasteiger partial charge in [-0.2, -0.15) is 0 Å². The van der Waals surface area contributed by atoms with Crippen LogP contribution in [-0.2, 0) is 101 Å². The van der Waals surface area contributed by atoms with E-state index >= 15 is 0 Å². The lowest BCUT2D eigenvalue weighted by molar-refractivity contribution is -0.172.